The molecular weight excluding hydrogens is 262 g/mol. The molecule has 2 atom stereocenters. The summed E-state index contributed by atoms with van der Waals surface area (Å²) in [7, 11) is 1.33. The van der Waals surface area contributed by atoms with Crippen LogP contribution < -0.4 is 14.8 Å². The van der Waals surface area contributed by atoms with Gasteiger partial charge in [0.25, 0.3) is 0 Å². The number of methoxy groups -OCH3 is 1. The number of aliphatic hydroxyl groups excluding tert-OH is 1. The molecule has 1 aliphatic heterocycles. The highest BCUT2D eigenvalue weighted by molar-refractivity contribution is 5.75. The van der Waals surface area contributed by atoms with Gasteiger partial charge in [-0.25, -0.2) is 0 Å². The smallest absolute Gasteiger partial charge is 0.322 e. The van der Waals surface area contributed by atoms with E-state index in [0.29, 0.717) is 30.3 Å². The molecule has 0 amide bonds. The molecule has 2 N–H and O–H groups in total. The average molecular weight is 281 g/mol. The van der Waals surface area contributed by atoms with E-state index in [9.17, 15) is 9.90 Å². The largest absolute Gasteiger partial charge is 0.486 e. The molecule has 0 saturated heterocycles. The number of benzene rings is 1. The van der Waals surface area contributed by atoms with Crippen molar-refractivity contribution in [2.45, 2.75) is 19.1 Å². The van der Waals surface area contributed by atoms with Crippen LogP contribution in [-0.4, -0.2) is 44.0 Å². The fourth-order valence-corrected chi connectivity index (χ4v) is 1.93. The van der Waals surface area contributed by atoms with Crippen LogP contribution in [-0.2, 0) is 9.53 Å². The lowest BCUT2D eigenvalue weighted by molar-refractivity contribution is -0.142. The lowest BCUT2D eigenvalue weighted by atomic mass is 10.1. The first kappa shape index (κ1) is 14.6. The van der Waals surface area contributed by atoms with Crippen molar-refractivity contribution in [3.05, 3.63) is 23.8 Å². The number of carbonyl (C=O) groups is 1. The molecule has 2 rings (SSSR count). The van der Waals surface area contributed by atoms with Crippen LogP contribution in [0.4, 0.5) is 0 Å². The topological polar surface area (TPSA) is 77.0 Å². The minimum Gasteiger partial charge on any atom is -0.486 e. The first-order valence-electron chi connectivity index (χ1n) is 6.50. The van der Waals surface area contributed by atoms with Crippen molar-refractivity contribution in [3.63, 3.8) is 0 Å². The standard InChI is InChI=1S/C14H19NO5/c1-9(14(17)18-2)15-8-11(16)10-3-4-12-13(7-10)20-6-5-19-12/h3-4,7,9,11,15-16H,5-6,8H2,1-2H3. The summed E-state index contributed by atoms with van der Waals surface area (Å²) in [5.41, 5.74) is 0.707. The van der Waals surface area contributed by atoms with E-state index >= 15 is 0 Å². The third-order valence-electron chi connectivity index (χ3n) is 3.12. The minimum atomic E-state index is -0.738. The Kier molecular flexibility index (Phi) is 4.81. The average Bonchev–Trinajstić information content (AvgIpc) is 2.50. The number of hydrogen-bond acceptors (Lipinski definition) is 6. The molecule has 110 valence electrons. The van der Waals surface area contributed by atoms with Crippen molar-refractivity contribution in [2.24, 2.45) is 0 Å². The molecule has 6 heteroatoms. The van der Waals surface area contributed by atoms with Gasteiger partial charge in [0.05, 0.1) is 13.2 Å². The number of carbonyl (C=O) groups excluding carboxylic acids is 1. The summed E-state index contributed by atoms with van der Waals surface area (Å²) in [6.07, 6.45) is -0.738. The Morgan fingerprint density at radius 1 is 1.40 bits per heavy atom. The summed E-state index contributed by atoms with van der Waals surface area (Å²) in [4.78, 5) is 11.2. The maximum atomic E-state index is 11.2. The molecule has 0 spiro atoms. The zero-order valence-electron chi connectivity index (χ0n) is 11.6. The predicted octanol–water partition coefficient (Wildman–Crippen LogP) is 0.642. The fourth-order valence-electron chi connectivity index (χ4n) is 1.93. The summed E-state index contributed by atoms with van der Waals surface area (Å²) < 4.78 is 15.5. The number of fused-ring (bicyclic) bond motifs is 1. The molecule has 0 bridgehead atoms. The van der Waals surface area contributed by atoms with Crippen LogP contribution in [0.2, 0.25) is 0 Å². The number of nitrogens with one attached hydrogen (secondary N) is 1. The molecule has 1 heterocycles. The van der Waals surface area contributed by atoms with Crippen molar-refractivity contribution >= 4 is 5.97 Å². The van der Waals surface area contributed by atoms with E-state index in [4.69, 9.17) is 9.47 Å². The SMILES string of the molecule is COC(=O)C(C)NCC(O)c1ccc2c(c1)OCCO2. The monoisotopic (exact) mass is 281 g/mol. The van der Waals surface area contributed by atoms with Gasteiger partial charge in [-0.2, -0.15) is 0 Å². The molecule has 0 radical (unpaired) electrons. The van der Waals surface area contributed by atoms with Crippen LogP contribution in [0.15, 0.2) is 18.2 Å². The Morgan fingerprint density at radius 3 is 2.80 bits per heavy atom. The Bertz CT molecular complexity index is 477. The van der Waals surface area contributed by atoms with Crippen LogP contribution in [0.5, 0.6) is 11.5 Å². The molecule has 1 aromatic rings. The molecule has 1 aliphatic rings. The normalized spacial score (nSPS) is 16.4. The molecule has 2 unspecified atom stereocenters. The van der Waals surface area contributed by atoms with E-state index < -0.39 is 12.1 Å². The van der Waals surface area contributed by atoms with E-state index in [1.54, 1.807) is 25.1 Å². The molecule has 1 aromatic carbocycles. The highest BCUT2D eigenvalue weighted by Crippen LogP contribution is 2.32. The predicted molar refractivity (Wildman–Crippen MR) is 71.9 cm³/mol. The summed E-state index contributed by atoms with van der Waals surface area (Å²) in [6, 6.07) is 4.84. The Hall–Kier alpha value is -1.79. The van der Waals surface area contributed by atoms with E-state index in [2.05, 4.69) is 10.1 Å². The van der Waals surface area contributed by atoms with Gasteiger partial charge < -0.3 is 24.6 Å². The molecule has 6 nitrogen and oxygen atoms in total. The number of ether oxygens (including phenoxy) is 3. The molecule has 0 saturated carbocycles. The van der Waals surface area contributed by atoms with Crippen molar-refractivity contribution in [1.29, 1.82) is 0 Å². The van der Waals surface area contributed by atoms with E-state index in [1.807, 2.05) is 0 Å². The summed E-state index contributed by atoms with van der Waals surface area (Å²) in [6.45, 7) is 2.97. The summed E-state index contributed by atoms with van der Waals surface area (Å²) in [5, 5.41) is 13.0. The molecular formula is C14H19NO5. The highest BCUT2D eigenvalue weighted by atomic mass is 16.6. The summed E-state index contributed by atoms with van der Waals surface area (Å²) in [5.74, 6) is 0.955. The van der Waals surface area contributed by atoms with Gasteiger partial charge in [0.15, 0.2) is 11.5 Å². The van der Waals surface area contributed by atoms with Crippen molar-refractivity contribution in [2.75, 3.05) is 26.9 Å². The Labute approximate surface area is 117 Å². The Balaban J connectivity index is 1.95. The van der Waals surface area contributed by atoms with Gasteiger partial charge in [-0.1, -0.05) is 6.07 Å². The zero-order valence-corrected chi connectivity index (χ0v) is 11.6. The van der Waals surface area contributed by atoms with Gasteiger partial charge >= 0.3 is 5.97 Å². The van der Waals surface area contributed by atoms with Crippen LogP contribution in [0.25, 0.3) is 0 Å². The van der Waals surface area contributed by atoms with E-state index in [0.717, 1.165) is 0 Å². The first-order chi connectivity index (χ1) is 9.61. The number of hydrogen-bond donors (Lipinski definition) is 2. The van der Waals surface area contributed by atoms with Gasteiger partial charge in [0.2, 0.25) is 0 Å². The van der Waals surface area contributed by atoms with Crippen molar-refractivity contribution in [3.8, 4) is 11.5 Å². The van der Waals surface area contributed by atoms with Gasteiger partial charge in [0.1, 0.15) is 19.3 Å². The fraction of sp³-hybridized carbons (Fsp3) is 0.500. The van der Waals surface area contributed by atoms with Crippen LogP contribution in [0, 0.1) is 0 Å². The molecule has 0 fully saturated rings. The van der Waals surface area contributed by atoms with Crippen LogP contribution in [0.1, 0.15) is 18.6 Å². The number of aliphatic hydroxyl groups is 1. The van der Waals surface area contributed by atoms with Gasteiger partial charge in [0, 0.05) is 6.54 Å². The van der Waals surface area contributed by atoms with Gasteiger partial charge in [-0.15, -0.1) is 0 Å². The molecule has 0 aliphatic carbocycles. The van der Waals surface area contributed by atoms with Crippen LogP contribution in [0.3, 0.4) is 0 Å². The van der Waals surface area contributed by atoms with Crippen molar-refractivity contribution in [1.82, 2.24) is 5.32 Å². The van der Waals surface area contributed by atoms with E-state index in [-0.39, 0.29) is 12.5 Å². The maximum absolute atomic E-state index is 11.2. The molecule has 20 heavy (non-hydrogen) atoms. The maximum Gasteiger partial charge on any atom is 0.322 e. The van der Waals surface area contributed by atoms with Gasteiger partial charge in [-0.3, -0.25) is 4.79 Å². The molecule has 0 aromatic heterocycles. The lowest BCUT2D eigenvalue weighted by Gasteiger charge is -2.21. The third-order valence-corrected chi connectivity index (χ3v) is 3.12. The number of esters is 1. The second kappa shape index (κ2) is 6.58. The van der Waals surface area contributed by atoms with Gasteiger partial charge in [-0.05, 0) is 24.6 Å². The second-order valence-electron chi connectivity index (χ2n) is 4.57. The zero-order chi connectivity index (χ0) is 14.5. The minimum absolute atomic E-state index is 0.246. The number of rotatable bonds is 5. The Morgan fingerprint density at radius 2 is 2.10 bits per heavy atom. The van der Waals surface area contributed by atoms with Crippen LogP contribution >= 0.6 is 0 Å². The lowest BCUT2D eigenvalue weighted by Crippen LogP contribution is -2.37. The second-order valence-corrected chi connectivity index (χ2v) is 4.57. The van der Waals surface area contributed by atoms with E-state index in [1.165, 1.54) is 7.11 Å². The quantitative estimate of drug-likeness (QED) is 0.771. The highest BCUT2D eigenvalue weighted by Gasteiger charge is 2.18. The third kappa shape index (κ3) is 3.40. The summed E-state index contributed by atoms with van der Waals surface area (Å²) >= 11 is 0. The first-order valence-corrected chi connectivity index (χ1v) is 6.50. The van der Waals surface area contributed by atoms with Crippen molar-refractivity contribution < 1.29 is 24.1 Å².